The van der Waals surface area contributed by atoms with Gasteiger partial charge in [0.25, 0.3) is 10.0 Å². The second-order valence-electron chi connectivity index (χ2n) is 4.61. The molecule has 2 aromatic rings. The Kier molecular flexibility index (Phi) is 4.11. The predicted molar refractivity (Wildman–Crippen MR) is 81.1 cm³/mol. The lowest BCUT2D eigenvalue weighted by Gasteiger charge is -2.21. The molecule has 0 heterocycles. The standard InChI is InChI=1S/C15H18N2O2S/c1-12-6-3-4-9-15(12)20(18,19)17(2)14-8-5-7-13(10-14)11-16/h3-10H,11,16H2,1-2H3. The van der Waals surface area contributed by atoms with Crippen LogP contribution in [0.15, 0.2) is 53.4 Å². The van der Waals surface area contributed by atoms with E-state index in [9.17, 15) is 8.42 Å². The van der Waals surface area contributed by atoms with Crippen LogP contribution in [0.3, 0.4) is 0 Å². The van der Waals surface area contributed by atoms with Gasteiger partial charge in [0.15, 0.2) is 0 Å². The number of hydrogen-bond acceptors (Lipinski definition) is 3. The Hall–Kier alpha value is -1.85. The highest BCUT2D eigenvalue weighted by molar-refractivity contribution is 7.92. The molecule has 0 aliphatic rings. The molecule has 0 fully saturated rings. The molecular formula is C15H18N2O2S. The lowest BCUT2D eigenvalue weighted by molar-refractivity contribution is 0.594. The molecular weight excluding hydrogens is 272 g/mol. The number of nitrogens with two attached hydrogens (primary N) is 1. The van der Waals surface area contributed by atoms with Crippen molar-refractivity contribution < 1.29 is 8.42 Å². The first kappa shape index (κ1) is 14.6. The van der Waals surface area contributed by atoms with Gasteiger partial charge in [-0.3, -0.25) is 4.31 Å². The first-order valence-corrected chi connectivity index (χ1v) is 7.74. The van der Waals surface area contributed by atoms with Crippen LogP contribution in [0.1, 0.15) is 11.1 Å². The number of aryl methyl sites for hydroxylation is 1. The number of sulfonamides is 1. The Balaban J connectivity index is 2.46. The van der Waals surface area contributed by atoms with Crippen molar-refractivity contribution >= 4 is 15.7 Å². The van der Waals surface area contributed by atoms with Gasteiger partial charge in [0.05, 0.1) is 10.6 Å². The van der Waals surface area contributed by atoms with Crippen LogP contribution in [-0.4, -0.2) is 15.5 Å². The molecule has 0 bridgehead atoms. The molecule has 0 spiro atoms. The average molecular weight is 290 g/mol. The van der Waals surface area contributed by atoms with E-state index in [1.807, 2.05) is 12.1 Å². The van der Waals surface area contributed by atoms with Crippen LogP contribution in [-0.2, 0) is 16.6 Å². The Morgan fingerprint density at radius 1 is 1.10 bits per heavy atom. The molecule has 0 saturated heterocycles. The third-order valence-corrected chi connectivity index (χ3v) is 5.19. The minimum absolute atomic E-state index is 0.320. The molecule has 0 aromatic heterocycles. The van der Waals surface area contributed by atoms with Gasteiger partial charge < -0.3 is 5.73 Å². The van der Waals surface area contributed by atoms with Crippen molar-refractivity contribution in [1.82, 2.24) is 0 Å². The van der Waals surface area contributed by atoms with E-state index in [1.165, 1.54) is 4.31 Å². The maximum Gasteiger partial charge on any atom is 0.264 e. The lowest BCUT2D eigenvalue weighted by atomic mass is 10.2. The third kappa shape index (κ3) is 2.69. The van der Waals surface area contributed by atoms with Gasteiger partial charge in [0, 0.05) is 13.6 Å². The highest BCUT2D eigenvalue weighted by atomic mass is 32.2. The minimum atomic E-state index is -3.56. The summed E-state index contributed by atoms with van der Waals surface area (Å²) in [5.41, 5.74) is 7.83. The third-order valence-electron chi connectivity index (χ3n) is 3.24. The highest BCUT2D eigenvalue weighted by Gasteiger charge is 2.22. The van der Waals surface area contributed by atoms with E-state index < -0.39 is 10.0 Å². The quantitative estimate of drug-likeness (QED) is 0.939. The molecule has 4 nitrogen and oxygen atoms in total. The molecule has 2 aromatic carbocycles. The predicted octanol–water partition coefficient (Wildman–Crippen LogP) is 2.28. The Morgan fingerprint density at radius 3 is 2.45 bits per heavy atom. The maximum atomic E-state index is 12.6. The van der Waals surface area contributed by atoms with Crippen LogP contribution < -0.4 is 10.0 Å². The zero-order valence-corrected chi connectivity index (χ0v) is 12.4. The van der Waals surface area contributed by atoms with Crippen molar-refractivity contribution in [2.75, 3.05) is 11.4 Å². The van der Waals surface area contributed by atoms with Gasteiger partial charge in [0.1, 0.15) is 0 Å². The van der Waals surface area contributed by atoms with Crippen molar-refractivity contribution in [3.8, 4) is 0 Å². The van der Waals surface area contributed by atoms with Crippen LogP contribution >= 0.6 is 0 Å². The second-order valence-corrected chi connectivity index (χ2v) is 6.55. The first-order valence-electron chi connectivity index (χ1n) is 6.30. The lowest BCUT2D eigenvalue weighted by Crippen LogP contribution is -2.27. The number of hydrogen-bond donors (Lipinski definition) is 1. The van der Waals surface area contributed by atoms with Crippen molar-refractivity contribution in [1.29, 1.82) is 0 Å². The highest BCUT2D eigenvalue weighted by Crippen LogP contribution is 2.24. The van der Waals surface area contributed by atoms with E-state index >= 15 is 0 Å². The maximum absolute atomic E-state index is 12.6. The summed E-state index contributed by atoms with van der Waals surface area (Å²) in [6, 6.07) is 14.2. The van der Waals surface area contributed by atoms with E-state index in [0.29, 0.717) is 17.1 Å². The summed E-state index contributed by atoms with van der Waals surface area (Å²) >= 11 is 0. The molecule has 2 N–H and O–H groups in total. The summed E-state index contributed by atoms with van der Waals surface area (Å²) in [4.78, 5) is 0.320. The number of anilines is 1. The normalized spacial score (nSPS) is 11.3. The molecule has 0 aliphatic heterocycles. The minimum Gasteiger partial charge on any atom is -0.326 e. The van der Waals surface area contributed by atoms with Crippen LogP contribution in [0.25, 0.3) is 0 Å². The fourth-order valence-electron chi connectivity index (χ4n) is 2.01. The van der Waals surface area contributed by atoms with Crippen molar-refractivity contribution in [3.05, 3.63) is 59.7 Å². The van der Waals surface area contributed by atoms with Gasteiger partial charge in [0.2, 0.25) is 0 Å². The summed E-state index contributed by atoms with van der Waals surface area (Å²) in [5, 5.41) is 0. The van der Waals surface area contributed by atoms with Crippen molar-refractivity contribution in [2.45, 2.75) is 18.4 Å². The van der Waals surface area contributed by atoms with Gasteiger partial charge in [-0.2, -0.15) is 0 Å². The van der Waals surface area contributed by atoms with Crippen LogP contribution in [0.2, 0.25) is 0 Å². The fraction of sp³-hybridized carbons (Fsp3) is 0.200. The molecule has 5 heteroatoms. The Labute approximate surface area is 119 Å². The van der Waals surface area contributed by atoms with Crippen molar-refractivity contribution in [2.24, 2.45) is 5.73 Å². The number of benzene rings is 2. The monoisotopic (exact) mass is 290 g/mol. The zero-order chi connectivity index (χ0) is 14.8. The second kappa shape index (κ2) is 5.64. The molecule has 0 atom stereocenters. The van der Waals surface area contributed by atoms with E-state index in [0.717, 1.165) is 11.1 Å². The average Bonchev–Trinajstić information content (AvgIpc) is 2.46. The van der Waals surface area contributed by atoms with E-state index in [4.69, 9.17) is 5.73 Å². The molecule has 0 unspecified atom stereocenters. The molecule has 0 amide bonds. The van der Waals surface area contributed by atoms with Crippen LogP contribution in [0.5, 0.6) is 0 Å². The molecule has 0 saturated carbocycles. The zero-order valence-electron chi connectivity index (χ0n) is 11.6. The topological polar surface area (TPSA) is 63.4 Å². The summed E-state index contributed by atoms with van der Waals surface area (Å²) in [6.07, 6.45) is 0. The number of rotatable bonds is 4. The first-order chi connectivity index (χ1) is 9.46. The van der Waals surface area contributed by atoms with Gasteiger partial charge in [-0.1, -0.05) is 30.3 Å². The van der Waals surface area contributed by atoms with E-state index in [1.54, 1.807) is 50.4 Å². The summed E-state index contributed by atoms with van der Waals surface area (Å²) in [7, 11) is -2.00. The van der Waals surface area contributed by atoms with Gasteiger partial charge in [-0.05, 0) is 36.2 Å². The van der Waals surface area contributed by atoms with E-state index in [2.05, 4.69) is 0 Å². The molecule has 0 radical (unpaired) electrons. The van der Waals surface area contributed by atoms with Gasteiger partial charge in [-0.25, -0.2) is 8.42 Å². The largest absolute Gasteiger partial charge is 0.326 e. The number of nitrogens with zero attached hydrogens (tertiary/aromatic N) is 1. The molecule has 0 aliphatic carbocycles. The summed E-state index contributed by atoms with van der Waals surface area (Å²) in [6.45, 7) is 2.17. The van der Waals surface area contributed by atoms with Gasteiger partial charge in [-0.15, -0.1) is 0 Å². The van der Waals surface area contributed by atoms with Crippen molar-refractivity contribution in [3.63, 3.8) is 0 Å². The summed E-state index contributed by atoms with van der Waals surface area (Å²) in [5.74, 6) is 0. The SMILES string of the molecule is Cc1ccccc1S(=O)(=O)N(C)c1cccc(CN)c1. The molecule has 106 valence electrons. The van der Waals surface area contributed by atoms with Crippen LogP contribution in [0.4, 0.5) is 5.69 Å². The van der Waals surface area contributed by atoms with Gasteiger partial charge >= 0.3 is 0 Å². The van der Waals surface area contributed by atoms with Crippen LogP contribution in [0, 0.1) is 6.92 Å². The fourth-order valence-corrected chi connectivity index (χ4v) is 3.42. The Bertz CT molecular complexity index is 711. The smallest absolute Gasteiger partial charge is 0.264 e. The molecule has 20 heavy (non-hydrogen) atoms. The molecule has 2 rings (SSSR count). The summed E-state index contributed by atoms with van der Waals surface area (Å²) < 4.78 is 26.6. The van der Waals surface area contributed by atoms with E-state index in [-0.39, 0.29) is 0 Å². The Morgan fingerprint density at radius 2 is 1.80 bits per heavy atom.